The zero-order valence-corrected chi connectivity index (χ0v) is 11.9. The fourth-order valence-corrected chi connectivity index (χ4v) is 3.44. The van der Waals surface area contributed by atoms with Crippen molar-refractivity contribution in [2.45, 2.75) is 18.9 Å². The Morgan fingerprint density at radius 1 is 1.40 bits per heavy atom. The van der Waals surface area contributed by atoms with Gasteiger partial charge in [0.1, 0.15) is 0 Å². The minimum absolute atomic E-state index is 0.0332. The Kier molecular flexibility index (Phi) is 3.93. The molecular formula is C14H17N3O2S. The van der Waals surface area contributed by atoms with Crippen molar-refractivity contribution >= 4 is 35.0 Å². The molecule has 0 aliphatic carbocycles. The maximum absolute atomic E-state index is 12.2. The Morgan fingerprint density at radius 3 is 2.95 bits per heavy atom. The normalized spacial score (nSPS) is 22.3. The Bertz CT molecular complexity index is 529. The summed E-state index contributed by atoms with van der Waals surface area (Å²) < 4.78 is 0. The van der Waals surface area contributed by atoms with Crippen molar-refractivity contribution in [1.29, 1.82) is 0 Å². The minimum atomic E-state index is -0.151. The Labute approximate surface area is 122 Å². The third-order valence-corrected chi connectivity index (χ3v) is 4.50. The monoisotopic (exact) mass is 291 g/mol. The summed E-state index contributed by atoms with van der Waals surface area (Å²) in [5.74, 6) is 1.69. The fraction of sp³-hybridized carbons (Fsp3) is 0.429. The molecule has 2 fully saturated rings. The number of hydrogen-bond donors (Lipinski definition) is 2. The van der Waals surface area contributed by atoms with Crippen molar-refractivity contribution in [2.75, 3.05) is 28.4 Å². The number of nitrogens with zero attached hydrogens (tertiary/aromatic N) is 1. The van der Waals surface area contributed by atoms with Crippen LogP contribution in [0.3, 0.4) is 0 Å². The highest BCUT2D eigenvalue weighted by Gasteiger charge is 2.26. The van der Waals surface area contributed by atoms with Gasteiger partial charge in [-0.1, -0.05) is 12.1 Å². The lowest BCUT2D eigenvalue weighted by Gasteiger charge is -2.20. The number of nitrogens with one attached hydrogen (secondary N) is 2. The second-order valence-electron chi connectivity index (χ2n) is 4.93. The van der Waals surface area contributed by atoms with Gasteiger partial charge in [0, 0.05) is 24.6 Å². The van der Waals surface area contributed by atoms with E-state index in [-0.39, 0.29) is 17.9 Å². The van der Waals surface area contributed by atoms with Crippen molar-refractivity contribution in [1.82, 2.24) is 5.32 Å². The molecule has 0 saturated carbocycles. The molecule has 1 aromatic rings. The van der Waals surface area contributed by atoms with E-state index in [0.717, 1.165) is 30.3 Å². The average molecular weight is 291 g/mol. The summed E-state index contributed by atoms with van der Waals surface area (Å²) in [5, 5.41) is 6.09. The molecule has 2 aliphatic heterocycles. The molecule has 6 heteroatoms. The molecule has 1 atom stereocenters. The number of benzene rings is 1. The van der Waals surface area contributed by atoms with E-state index in [4.69, 9.17) is 0 Å². The lowest BCUT2D eigenvalue weighted by atomic mass is 10.2. The summed E-state index contributed by atoms with van der Waals surface area (Å²) in [6.07, 6.45) is 1.46. The van der Waals surface area contributed by atoms with Crippen LogP contribution in [0.25, 0.3) is 0 Å². The molecule has 2 aliphatic rings. The maximum Gasteiger partial charge on any atom is 0.242 e. The summed E-state index contributed by atoms with van der Waals surface area (Å²) in [7, 11) is 0. The second-order valence-corrected chi connectivity index (χ2v) is 5.96. The van der Waals surface area contributed by atoms with Gasteiger partial charge in [-0.3, -0.25) is 14.9 Å². The molecule has 1 unspecified atom stereocenters. The first-order valence-corrected chi connectivity index (χ1v) is 7.92. The molecule has 0 radical (unpaired) electrons. The number of amides is 2. The molecule has 3 rings (SSSR count). The summed E-state index contributed by atoms with van der Waals surface area (Å²) in [4.78, 5) is 25.8. The van der Waals surface area contributed by atoms with Gasteiger partial charge in [-0.25, -0.2) is 0 Å². The van der Waals surface area contributed by atoms with Gasteiger partial charge in [0.2, 0.25) is 11.8 Å². The van der Waals surface area contributed by atoms with Gasteiger partial charge >= 0.3 is 0 Å². The van der Waals surface area contributed by atoms with Crippen LogP contribution >= 0.6 is 11.8 Å². The van der Waals surface area contributed by atoms with Crippen molar-refractivity contribution in [3.05, 3.63) is 24.3 Å². The van der Waals surface area contributed by atoms with E-state index < -0.39 is 0 Å². The van der Waals surface area contributed by atoms with Crippen LogP contribution in [0.4, 0.5) is 11.4 Å². The molecule has 2 N–H and O–H groups in total. The first-order valence-electron chi connectivity index (χ1n) is 6.77. The Hall–Kier alpha value is -1.53. The number of rotatable bonds is 3. The largest absolute Gasteiger partial charge is 0.323 e. The third-order valence-electron chi connectivity index (χ3n) is 3.56. The van der Waals surface area contributed by atoms with Crippen molar-refractivity contribution in [2.24, 2.45) is 0 Å². The van der Waals surface area contributed by atoms with Gasteiger partial charge < -0.3 is 10.2 Å². The number of carbonyl (C=O) groups is 2. The van der Waals surface area contributed by atoms with Crippen molar-refractivity contribution < 1.29 is 9.59 Å². The highest BCUT2D eigenvalue weighted by Crippen LogP contribution is 2.29. The highest BCUT2D eigenvalue weighted by atomic mass is 32.2. The molecule has 20 heavy (non-hydrogen) atoms. The first-order chi connectivity index (χ1) is 9.75. The molecule has 2 amide bonds. The maximum atomic E-state index is 12.2. The van der Waals surface area contributed by atoms with Crippen LogP contribution in [0, 0.1) is 0 Å². The molecular weight excluding hydrogens is 274 g/mol. The van der Waals surface area contributed by atoms with Crippen LogP contribution in [0.2, 0.25) is 0 Å². The SMILES string of the molecule is O=C(Nc1ccccc1N1CCCC1=O)C1CSCN1. The van der Waals surface area contributed by atoms with E-state index in [1.54, 1.807) is 16.7 Å². The van der Waals surface area contributed by atoms with E-state index in [1.807, 2.05) is 24.3 Å². The van der Waals surface area contributed by atoms with Gasteiger partial charge in [-0.2, -0.15) is 0 Å². The lowest BCUT2D eigenvalue weighted by molar-refractivity contribution is -0.118. The number of carbonyl (C=O) groups excluding carboxylic acids is 2. The molecule has 5 nitrogen and oxygen atoms in total. The molecule has 106 valence electrons. The standard InChI is InChI=1S/C14H17N3O2S/c18-13-6-3-7-17(13)12-5-2-1-4-10(12)16-14(19)11-8-20-9-15-11/h1-2,4-5,11,15H,3,6-9H2,(H,16,19). The first kappa shape index (κ1) is 13.5. The predicted molar refractivity (Wildman–Crippen MR) is 80.9 cm³/mol. The average Bonchev–Trinajstić information content (AvgIpc) is 3.10. The van der Waals surface area contributed by atoms with Crippen molar-refractivity contribution in [3.63, 3.8) is 0 Å². The third kappa shape index (κ3) is 2.66. The second kappa shape index (κ2) is 5.85. The van der Waals surface area contributed by atoms with Gasteiger partial charge in [-0.15, -0.1) is 11.8 Å². The number of hydrogen-bond acceptors (Lipinski definition) is 4. The molecule has 0 spiro atoms. The van der Waals surface area contributed by atoms with Crippen LogP contribution in [-0.2, 0) is 9.59 Å². The Balaban J connectivity index is 1.79. The van der Waals surface area contributed by atoms with Gasteiger partial charge in [0.15, 0.2) is 0 Å². The van der Waals surface area contributed by atoms with E-state index in [9.17, 15) is 9.59 Å². The van der Waals surface area contributed by atoms with Crippen LogP contribution in [0.1, 0.15) is 12.8 Å². The van der Waals surface area contributed by atoms with Crippen LogP contribution in [0.5, 0.6) is 0 Å². The highest BCUT2D eigenvalue weighted by molar-refractivity contribution is 7.99. The lowest BCUT2D eigenvalue weighted by Crippen LogP contribution is -2.38. The summed E-state index contributed by atoms with van der Waals surface area (Å²) in [6.45, 7) is 0.725. The zero-order valence-electron chi connectivity index (χ0n) is 11.1. The number of anilines is 2. The molecule has 2 heterocycles. The van der Waals surface area contributed by atoms with Crippen LogP contribution < -0.4 is 15.5 Å². The molecule has 2 saturated heterocycles. The molecule has 0 aromatic heterocycles. The molecule has 1 aromatic carbocycles. The fourth-order valence-electron chi connectivity index (χ4n) is 2.50. The quantitative estimate of drug-likeness (QED) is 0.884. The summed E-state index contributed by atoms with van der Waals surface area (Å²) in [5.41, 5.74) is 1.51. The topological polar surface area (TPSA) is 61.4 Å². The predicted octanol–water partition coefficient (Wildman–Crippen LogP) is 1.41. The number of para-hydroxylation sites is 2. The Morgan fingerprint density at radius 2 is 2.25 bits per heavy atom. The van der Waals surface area contributed by atoms with E-state index in [0.29, 0.717) is 12.1 Å². The van der Waals surface area contributed by atoms with E-state index in [2.05, 4.69) is 10.6 Å². The number of thioether (sulfide) groups is 1. The van der Waals surface area contributed by atoms with Crippen molar-refractivity contribution in [3.8, 4) is 0 Å². The van der Waals surface area contributed by atoms with E-state index >= 15 is 0 Å². The zero-order chi connectivity index (χ0) is 13.9. The van der Waals surface area contributed by atoms with Crippen LogP contribution in [-0.4, -0.2) is 36.0 Å². The smallest absolute Gasteiger partial charge is 0.242 e. The molecule has 0 bridgehead atoms. The van der Waals surface area contributed by atoms with Gasteiger partial charge in [0.25, 0.3) is 0 Å². The summed E-state index contributed by atoms with van der Waals surface area (Å²) in [6, 6.07) is 7.34. The minimum Gasteiger partial charge on any atom is -0.323 e. The van der Waals surface area contributed by atoms with Gasteiger partial charge in [-0.05, 0) is 18.6 Å². The van der Waals surface area contributed by atoms with E-state index in [1.165, 1.54) is 0 Å². The van der Waals surface area contributed by atoms with Gasteiger partial charge in [0.05, 0.1) is 17.4 Å². The van der Waals surface area contributed by atoms with Crippen LogP contribution in [0.15, 0.2) is 24.3 Å². The summed E-state index contributed by atoms with van der Waals surface area (Å²) >= 11 is 1.71.